The molecule has 0 bridgehead atoms. The Hall–Kier alpha value is -3.25. The van der Waals surface area contributed by atoms with Gasteiger partial charge in [-0.15, -0.1) is 0 Å². The minimum atomic E-state index is -1.45. The molecule has 3 N–H and O–H groups in total. The minimum Gasteiger partial charge on any atom is -0.378 e. The van der Waals surface area contributed by atoms with E-state index in [0.29, 0.717) is 22.5 Å². The molecular formula is C26H36FN9O2. The molecule has 11 nitrogen and oxygen atoms in total. The Bertz CT molecular complexity index is 1310. The first-order valence-electron chi connectivity index (χ1n) is 13.4. The molecule has 38 heavy (non-hydrogen) atoms. The molecule has 12 heteroatoms. The smallest absolute Gasteiger partial charge is 0.321 e. The van der Waals surface area contributed by atoms with Crippen molar-refractivity contribution in [3.8, 4) is 11.4 Å². The molecule has 204 valence electrons. The molecule has 0 aromatic carbocycles. The van der Waals surface area contributed by atoms with E-state index in [1.54, 1.807) is 38.0 Å². The number of methoxy groups -OCH3 is 1. The van der Waals surface area contributed by atoms with Crippen LogP contribution in [0.5, 0.6) is 0 Å². The Morgan fingerprint density at radius 1 is 1.26 bits per heavy atom. The van der Waals surface area contributed by atoms with Crippen LogP contribution in [0.1, 0.15) is 33.1 Å². The van der Waals surface area contributed by atoms with Gasteiger partial charge in [-0.25, -0.2) is 9.18 Å². The fraction of sp³-hybridized carbons (Fsp3) is 0.615. The third-order valence-electron chi connectivity index (χ3n) is 8.20. The third-order valence-corrected chi connectivity index (χ3v) is 8.20. The summed E-state index contributed by atoms with van der Waals surface area (Å²) >= 11 is 0. The van der Waals surface area contributed by atoms with Crippen LogP contribution in [0.2, 0.25) is 0 Å². The van der Waals surface area contributed by atoms with E-state index < -0.39 is 5.67 Å². The maximum absolute atomic E-state index is 14.7. The Morgan fingerprint density at radius 3 is 2.74 bits per heavy atom. The molecular weight excluding hydrogens is 489 g/mol. The zero-order valence-corrected chi connectivity index (χ0v) is 22.3. The van der Waals surface area contributed by atoms with Crippen LogP contribution < -0.4 is 15.5 Å². The van der Waals surface area contributed by atoms with Crippen molar-refractivity contribution in [1.82, 2.24) is 35.2 Å². The van der Waals surface area contributed by atoms with Crippen LogP contribution >= 0.6 is 0 Å². The third kappa shape index (κ3) is 4.71. The molecule has 0 aliphatic carbocycles. The van der Waals surface area contributed by atoms with Gasteiger partial charge in [-0.2, -0.15) is 10.2 Å². The molecule has 3 aromatic rings. The van der Waals surface area contributed by atoms with Crippen molar-refractivity contribution in [2.75, 3.05) is 56.6 Å². The van der Waals surface area contributed by atoms with Gasteiger partial charge in [0.25, 0.3) is 0 Å². The van der Waals surface area contributed by atoms with Crippen molar-refractivity contribution >= 4 is 28.4 Å². The predicted molar refractivity (Wildman–Crippen MR) is 143 cm³/mol. The number of halogens is 1. The number of alkyl halides is 1. The highest BCUT2D eigenvalue weighted by atomic mass is 19.1. The van der Waals surface area contributed by atoms with Gasteiger partial charge in [-0.05, 0) is 51.1 Å². The summed E-state index contributed by atoms with van der Waals surface area (Å²) in [4.78, 5) is 21.8. The van der Waals surface area contributed by atoms with Crippen molar-refractivity contribution in [2.45, 2.75) is 51.4 Å². The highest BCUT2D eigenvalue weighted by molar-refractivity contribution is 5.96. The Balaban J connectivity index is 1.24. The fourth-order valence-corrected chi connectivity index (χ4v) is 5.84. The summed E-state index contributed by atoms with van der Waals surface area (Å²) in [6.45, 7) is 8.25. The summed E-state index contributed by atoms with van der Waals surface area (Å²) in [5, 5.41) is 19.2. The van der Waals surface area contributed by atoms with Gasteiger partial charge in [0.1, 0.15) is 11.4 Å². The van der Waals surface area contributed by atoms with Gasteiger partial charge in [-0.3, -0.25) is 14.8 Å². The number of aromatic nitrogens is 5. The maximum atomic E-state index is 14.7. The SMILES string of the molecule is COC1CN(c2nn(CC(C)(C)F)c3cc(-c4[nH]ncc4NC(=O)N4CCC5(CCNC5)CC4)ncc23)C1. The number of rotatable bonds is 6. The van der Waals surface area contributed by atoms with E-state index in [2.05, 4.69) is 30.7 Å². The number of ether oxygens (including phenoxy) is 1. The molecule has 3 aromatic heterocycles. The second-order valence-electron chi connectivity index (χ2n) is 11.6. The van der Waals surface area contributed by atoms with Crippen molar-refractivity contribution in [3.63, 3.8) is 0 Å². The number of anilines is 2. The largest absolute Gasteiger partial charge is 0.378 e. The quantitative estimate of drug-likeness (QED) is 0.453. The summed E-state index contributed by atoms with van der Waals surface area (Å²) in [5.74, 6) is 0.773. The minimum absolute atomic E-state index is 0.104. The first-order chi connectivity index (χ1) is 18.2. The molecule has 1 spiro atoms. The number of nitrogens with one attached hydrogen (secondary N) is 3. The van der Waals surface area contributed by atoms with Crippen LogP contribution in [0.15, 0.2) is 18.5 Å². The molecule has 3 saturated heterocycles. The van der Waals surface area contributed by atoms with Gasteiger partial charge in [0.2, 0.25) is 0 Å². The van der Waals surface area contributed by atoms with Crippen molar-refractivity contribution in [1.29, 1.82) is 0 Å². The molecule has 3 aliphatic rings. The number of hydrogen-bond donors (Lipinski definition) is 3. The van der Waals surface area contributed by atoms with Crippen LogP contribution in [0.25, 0.3) is 22.3 Å². The lowest BCUT2D eigenvalue weighted by Gasteiger charge is -2.38. The number of piperidine rings is 1. The first-order valence-corrected chi connectivity index (χ1v) is 13.4. The van der Waals surface area contributed by atoms with Crippen LogP contribution in [0.3, 0.4) is 0 Å². The summed E-state index contributed by atoms with van der Waals surface area (Å²) < 4.78 is 21.8. The number of aromatic amines is 1. The lowest BCUT2D eigenvalue weighted by Crippen LogP contribution is -2.52. The van der Waals surface area contributed by atoms with Crippen LogP contribution in [0.4, 0.5) is 20.7 Å². The number of nitrogens with zero attached hydrogens (tertiary/aromatic N) is 6. The second-order valence-corrected chi connectivity index (χ2v) is 11.6. The van der Waals surface area contributed by atoms with E-state index in [4.69, 9.17) is 9.84 Å². The zero-order chi connectivity index (χ0) is 26.5. The lowest BCUT2D eigenvalue weighted by molar-refractivity contribution is 0.0783. The summed E-state index contributed by atoms with van der Waals surface area (Å²) in [6, 6.07) is 1.75. The maximum Gasteiger partial charge on any atom is 0.321 e. The van der Waals surface area contributed by atoms with E-state index >= 15 is 0 Å². The number of fused-ring (bicyclic) bond motifs is 1. The number of urea groups is 1. The highest BCUT2D eigenvalue weighted by Gasteiger charge is 2.38. The number of hydrogen-bond acceptors (Lipinski definition) is 7. The van der Waals surface area contributed by atoms with Gasteiger partial charge < -0.3 is 25.2 Å². The van der Waals surface area contributed by atoms with Crippen LogP contribution in [-0.2, 0) is 11.3 Å². The van der Waals surface area contributed by atoms with Gasteiger partial charge in [0.15, 0.2) is 5.82 Å². The molecule has 6 rings (SSSR count). The van der Waals surface area contributed by atoms with Gasteiger partial charge in [-0.1, -0.05) is 0 Å². The van der Waals surface area contributed by atoms with Gasteiger partial charge in [0.05, 0.1) is 41.1 Å². The monoisotopic (exact) mass is 525 g/mol. The number of pyridine rings is 1. The van der Waals surface area contributed by atoms with E-state index in [-0.39, 0.29) is 18.7 Å². The Morgan fingerprint density at radius 2 is 2.05 bits per heavy atom. The predicted octanol–water partition coefficient (Wildman–Crippen LogP) is 3.01. The van der Waals surface area contributed by atoms with Gasteiger partial charge >= 0.3 is 6.03 Å². The molecule has 6 heterocycles. The van der Waals surface area contributed by atoms with Crippen molar-refractivity contribution in [3.05, 3.63) is 18.5 Å². The number of amides is 2. The van der Waals surface area contributed by atoms with E-state index in [1.165, 1.54) is 6.42 Å². The standard InChI is InChI=1S/C26H36FN9O2/c1-25(2,27)16-36-21-10-19(29-11-18(21)23(33-36)35-13-17(14-35)38-3)22-20(12-30-32-22)31-24(37)34-8-5-26(6-9-34)4-7-28-15-26/h10-12,17,28H,4-9,13-16H2,1-3H3,(H,30,32)(H,31,37). The number of carbonyl (C=O) groups excluding carboxylic acids is 1. The van der Waals surface area contributed by atoms with Crippen molar-refractivity contribution < 1.29 is 13.9 Å². The van der Waals surface area contributed by atoms with Gasteiger partial charge in [0, 0.05) is 46.0 Å². The summed E-state index contributed by atoms with van der Waals surface area (Å²) in [7, 11) is 1.70. The molecule has 0 radical (unpaired) electrons. The number of H-pyrrole nitrogens is 1. The average molecular weight is 526 g/mol. The normalized spacial score (nSPS) is 19.9. The van der Waals surface area contributed by atoms with Crippen molar-refractivity contribution in [2.24, 2.45) is 5.41 Å². The Labute approximate surface area is 221 Å². The molecule has 0 saturated carbocycles. The summed E-state index contributed by atoms with van der Waals surface area (Å²) in [6.07, 6.45) is 6.75. The molecule has 3 aliphatic heterocycles. The summed E-state index contributed by atoms with van der Waals surface area (Å²) in [5.41, 5.74) is 1.43. The van der Waals surface area contributed by atoms with Crippen LogP contribution in [-0.4, -0.2) is 94.0 Å². The zero-order valence-electron chi connectivity index (χ0n) is 22.3. The van der Waals surface area contributed by atoms with E-state index in [0.717, 1.165) is 68.8 Å². The molecule has 0 atom stereocenters. The highest BCUT2D eigenvalue weighted by Crippen LogP contribution is 2.37. The lowest BCUT2D eigenvalue weighted by atomic mass is 9.78. The van der Waals surface area contributed by atoms with E-state index in [9.17, 15) is 9.18 Å². The number of carbonyl (C=O) groups is 1. The molecule has 0 unspecified atom stereocenters. The number of likely N-dealkylation sites (tertiary alicyclic amines) is 1. The fourth-order valence-electron chi connectivity index (χ4n) is 5.84. The Kier molecular flexibility index (Phi) is 6.26. The first kappa shape index (κ1) is 25.1. The molecule has 2 amide bonds. The van der Waals surface area contributed by atoms with E-state index in [1.807, 2.05) is 11.0 Å². The average Bonchev–Trinajstić information content (AvgIpc) is 3.58. The molecule has 3 fully saturated rings. The second kappa shape index (κ2) is 9.49. The van der Waals surface area contributed by atoms with Crippen LogP contribution in [0, 0.1) is 5.41 Å². The topological polar surface area (TPSA) is 116 Å².